The molecular weight excluding hydrogens is 395 g/mol. The lowest BCUT2D eigenvalue weighted by Crippen LogP contribution is -2.37. The Labute approximate surface area is 179 Å². The number of hydrogen-bond acceptors (Lipinski definition) is 5. The van der Waals surface area contributed by atoms with Gasteiger partial charge in [0.2, 0.25) is 0 Å². The highest BCUT2D eigenvalue weighted by molar-refractivity contribution is 5.73. The summed E-state index contributed by atoms with van der Waals surface area (Å²) in [7, 11) is 3.28. The molecule has 0 N–H and O–H groups in total. The maximum absolute atomic E-state index is 13.7. The van der Waals surface area contributed by atoms with Gasteiger partial charge in [-0.25, -0.2) is 9.07 Å². The second-order valence-electron chi connectivity index (χ2n) is 7.64. The molecule has 4 aromatic rings. The highest BCUT2D eigenvalue weighted by Crippen LogP contribution is 2.41. The van der Waals surface area contributed by atoms with Crippen molar-refractivity contribution in [3.05, 3.63) is 83.2 Å². The van der Waals surface area contributed by atoms with Crippen molar-refractivity contribution >= 4 is 11.0 Å². The average molecular weight is 418 g/mol. The molecule has 3 aromatic carbocycles. The van der Waals surface area contributed by atoms with Crippen LogP contribution in [0.2, 0.25) is 0 Å². The molecule has 7 heteroatoms. The number of fused-ring (bicyclic) bond motifs is 2. The van der Waals surface area contributed by atoms with Crippen LogP contribution in [0.5, 0.6) is 11.5 Å². The minimum atomic E-state index is -0.249. The first-order valence-corrected chi connectivity index (χ1v) is 10.2. The molecule has 5 rings (SSSR count). The Balaban J connectivity index is 1.60. The summed E-state index contributed by atoms with van der Waals surface area (Å²) in [6.07, 6.45) is 0.861. The molecule has 158 valence electrons. The van der Waals surface area contributed by atoms with E-state index in [2.05, 4.69) is 15.2 Å². The maximum Gasteiger partial charge on any atom is 0.161 e. The fourth-order valence-corrected chi connectivity index (χ4v) is 4.38. The van der Waals surface area contributed by atoms with Crippen LogP contribution in [0.15, 0.2) is 60.7 Å². The molecule has 31 heavy (non-hydrogen) atoms. The molecule has 2 heterocycles. The molecule has 0 saturated heterocycles. The Hall–Kier alpha value is -3.45. The number of aromatic nitrogens is 3. The van der Waals surface area contributed by atoms with Crippen molar-refractivity contribution in [2.75, 3.05) is 20.8 Å². The molecule has 1 aromatic heterocycles. The molecule has 0 radical (unpaired) electrons. The topological polar surface area (TPSA) is 52.4 Å². The first-order valence-electron chi connectivity index (χ1n) is 10.2. The van der Waals surface area contributed by atoms with Crippen LogP contribution in [-0.4, -0.2) is 40.7 Å². The fourth-order valence-electron chi connectivity index (χ4n) is 4.38. The summed E-state index contributed by atoms with van der Waals surface area (Å²) in [6.45, 7) is 1.38. The highest BCUT2D eigenvalue weighted by atomic mass is 19.1. The normalized spacial score (nSPS) is 16.3. The molecule has 0 amide bonds. The van der Waals surface area contributed by atoms with Crippen LogP contribution in [0.3, 0.4) is 0 Å². The van der Waals surface area contributed by atoms with Crippen molar-refractivity contribution in [3.63, 3.8) is 0 Å². The molecule has 6 nitrogen and oxygen atoms in total. The summed E-state index contributed by atoms with van der Waals surface area (Å²) in [4.78, 5) is 2.34. The van der Waals surface area contributed by atoms with Crippen LogP contribution >= 0.6 is 0 Å². The third kappa shape index (κ3) is 3.51. The summed E-state index contributed by atoms with van der Waals surface area (Å²) in [5.74, 6) is 1.15. The van der Waals surface area contributed by atoms with Crippen LogP contribution in [0.1, 0.15) is 22.7 Å². The molecule has 0 saturated carbocycles. The van der Waals surface area contributed by atoms with Crippen LogP contribution in [0, 0.1) is 5.82 Å². The Kier molecular flexibility index (Phi) is 5.03. The lowest BCUT2D eigenvalue weighted by atomic mass is 9.88. The first-order chi connectivity index (χ1) is 15.2. The summed E-state index contributed by atoms with van der Waals surface area (Å²) < 4.78 is 26.7. The van der Waals surface area contributed by atoms with Crippen molar-refractivity contribution in [1.29, 1.82) is 0 Å². The van der Waals surface area contributed by atoms with E-state index in [1.165, 1.54) is 17.7 Å². The lowest BCUT2D eigenvalue weighted by molar-refractivity contribution is 0.157. The number of hydrogen-bond donors (Lipinski definition) is 0. The molecular formula is C24H23FN4O2. The third-order valence-corrected chi connectivity index (χ3v) is 5.90. The molecule has 1 atom stereocenters. The molecule has 0 bridgehead atoms. The number of nitrogens with zero attached hydrogens (tertiary/aromatic N) is 4. The smallest absolute Gasteiger partial charge is 0.161 e. The van der Waals surface area contributed by atoms with Crippen LogP contribution < -0.4 is 9.47 Å². The van der Waals surface area contributed by atoms with Crippen LogP contribution in [-0.2, 0) is 13.1 Å². The van der Waals surface area contributed by atoms with Gasteiger partial charge in [-0.15, -0.1) is 5.10 Å². The van der Waals surface area contributed by atoms with E-state index in [0.29, 0.717) is 12.4 Å². The summed E-state index contributed by atoms with van der Waals surface area (Å²) in [5, 5.41) is 8.66. The Bertz CT molecular complexity index is 1220. The van der Waals surface area contributed by atoms with Gasteiger partial charge >= 0.3 is 0 Å². The van der Waals surface area contributed by atoms with Crippen LogP contribution in [0.25, 0.3) is 11.0 Å². The standard InChI is InChI=1S/C24H23FN4O2/c1-30-22-13-17-11-12-28(15-29-21-6-4-3-5-20(21)26-27-29)24(19(17)14-23(22)31-2)16-7-9-18(25)10-8-16/h3-10,13-14,24H,11-12,15H2,1-2H3. The molecule has 0 spiro atoms. The summed E-state index contributed by atoms with van der Waals surface area (Å²) in [5.41, 5.74) is 5.19. The summed E-state index contributed by atoms with van der Waals surface area (Å²) >= 11 is 0. The molecule has 1 aliphatic rings. The van der Waals surface area contributed by atoms with Gasteiger partial charge in [-0.3, -0.25) is 4.90 Å². The second kappa shape index (κ2) is 8.00. The molecule has 0 fully saturated rings. The minimum Gasteiger partial charge on any atom is -0.493 e. The predicted molar refractivity (Wildman–Crippen MR) is 116 cm³/mol. The lowest BCUT2D eigenvalue weighted by Gasteiger charge is -2.38. The largest absolute Gasteiger partial charge is 0.493 e. The average Bonchev–Trinajstić information content (AvgIpc) is 3.21. The van der Waals surface area contributed by atoms with Gasteiger partial charge in [0.05, 0.1) is 32.4 Å². The zero-order valence-electron chi connectivity index (χ0n) is 17.5. The van der Waals surface area contributed by atoms with Crippen molar-refractivity contribution in [1.82, 2.24) is 19.9 Å². The Morgan fingerprint density at radius 3 is 2.52 bits per heavy atom. The monoisotopic (exact) mass is 418 g/mol. The van der Waals surface area contributed by atoms with E-state index in [9.17, 15) is 4.39 Å². The molecule has 1 unspecified atom stereocenters. The van der Waals surface area contributed by atoms with Gasteiger partial charge in [0.1, 0.15) is 11.3 Å². The van der Waals surface area contributed by atoms with Crippen molar-refractivity contribution in [2.24, 2.45) is 0 Å². The number of ether oxygens (including phenoxy) is 2. The summed E-state index contributed by atoms with van der Waals surface area (Å²) in [6, 6.07) is 18.6. The zero-order valence-corrected chi connectivity index (χ0v) is 17.5. The zero-order chi connectivity index (χ0) is 21.4. The van der Waals surface area contributed by atoms with Gasteiger partial charge in [0.15, 0.2) is 11.5 Å². The Morgan fingerprint density at radius 1 is 1.00 bits per heavy atom. The van der Waals surface area contributed by atoms with Crippen molar-refractivity contribution < 1.29 is 13.9 Å². The number of para-hydroxylation sites is 1. The van der Waals surface area contributed by atoms with Gasteiger partial charge in [0, 0.05) is 6.54 Å². The number of halogens is 1. The van der Waals surface area contributed by atoms with Crippen molar-refractivity contribution in [3.8, 4) is 11.5 Å². The second-order valence-corrected chi connectivity index (χ2v) is 7.64. The fraction of sp³-hybridized carbons (Fsp3) is 0.250. The van der Waals surface area contributed by atoms with E-state index in [1.54, 1.807) is 14.2 Å². The van der Waals surface area contributed by atoms with Gasteiger partial charge in [-0.2, -0.15) is 0 Å². The predicted octanol–water partition coefficient (Wildman–Crippen LogP) is 4.19. The molecule has 0 aliphatic carbocycles. The van der Waals surface area contributed by atoms with E-state index in [1.807, 2.05) is 53.2 Å². The van der Waals surface area contributed by atoms with E-state index >= 15 is 0 Å². The molecule has 1 aliphatic heterocycles. The van der Waals surface area contributed by atoms with Crippen LogP contribution in [0.4, 0.5) is 4.39 Å². The minimum absolute atomic E-state index is 0.0767. The maximum atomic E-state index is 13.7. The van der Waals surface area contributed by atoms with E-state index in [-0.39, 0.29) is 11.9 Å². The first kappa shape index (κ1) is 19.5. The van der Waals surface area contributed by atoms with E-state index < -0.39 is 0 Å². The van der Waals surface area contributed by atoms with E-state index in [0.717, 1.165) is 40.9 Å². The Morgan fingerprint density at radius 2 is 1.74 bits per heavy atom. The SMILES string of the molecule is COc1cc2c(cc1OC)C(c1ccc(F)cc1)N(Cn1nnc3ccccc31)CC2. The highest BCUT2D eigenvalue weighted by Gasteiger charge is 2.31. The third-order valence-electron chi connectivity index (χ3n) is 5.90. The number of benzene rings is 3. The number of methoxy groups -OCH3 is 2. The van der Waals surface area contributed by atoms with Gasteiger partial charge in [0.25, 0.3) is 0 Å². The van der Waals surface area contributed by atoms with Gasteiger partial charge in [-0.1, -0.05) is 29.5 Å². The van der Waals surface area contributed by atoms with E-state index in [4.69, 9.17) is 9.47 Å². The van der Waals surface area contributed by atoms with Crippen molar-refractivity contribution in [2.45, 2.75) is 19.1 Å². The number of rotatable bonds is 5. The quantitative estimate of drug-likeness (QED) is 0.486. The van der Waals surface area contributed by atoms with Gasteiger partial charge in [-0.05, 0) is 59.5 Å². The van der Waals surface area contributed by atoms with Gasteiger partial charge < -0.3 is 9.47 Å².